The number of benzene rings is 1. The number of nitrogen functional groups attached to an aromatic ring is 1. The number of rotatable bonds is 5. The molecule has 0 aliphatic heterocycles. The number of esters is 1. The summed E-state index contributed by atoms with van der Waals surface area (Å²) in [6, 6.07) is 7.34. The zero-order valence-corrected chi connectivity index (χ0v) is 14.3. The van der Waals surface area contributed by atoms with E-state index >= 15 is 0 Å². The van der Waals surface area contributed by atoms with Crippen LogP contribution in [0.2, 0.25) is 0 Å². The number of nitrogens with zero attached hydrogens (tertiary/aromatic N) is 4. The Bertz CT molecular complexity index is 849. The molecule has 0 atom stereocenters. The van der Waals surface area contributed by atoms with Gasteiger partial charge in [0.25, 0.3) is 0 Å². The highest BCUT2D eigenvalue weighted by atomic mass is 127. The van der Waals surface area contributed by atoms with Crippen LogP contribution >= 0.6 is 22.6 Å². The molecular formula is C15H14IN5O2. The first-order valence-electron chi connectivity index (χ1n) is 7.00. The quantitative estimate of drug-likeness (QED) is 0.384. The predicted octanol–water partition coefficient (Wildman–Crippen LogP) is 2.26. The fourth-order valence-electron chi connectivity index (χ4n) is 2.17. The van der Waals surface area contributed by atoms with Gasteiger partial charge in [-0.15, -0.1) is 0 Å². The molecule has 118 valence electrons. The van der Waals surface area contributed by atoms with Gasteiger partial charge in [0.15, 0.2) is 11.5 Å². The van der Waals surface area contributed by atoms with Crippen molar-refractivity contribution in [2.24, 2.45) is 0 Å². The molecule has 0 aliphatic rings. The smallest absolute Gasteiger partial charge is 0.339 e. The molecule has 0 saturated heterocycles. The lowest BCUT2D eigenvalue weighted by Crippen LogP contribution is -2.10. The third-order valence-corrected chi connectivity index (χ3v) is 4.24. The van der Waals surface area contributed by atoms with E-state index in [2.05, 4.69) is 37.5 Å². The molecule has 8 heteroatoms. The summed E-state index contributed by atoms with van der Waals surface area (Å²) in [5.74, 6) is 0.0517. The minimum absolute atomic E-state index is 0.308. The molecule has 2 heterocycles. The zero-order valence-electron chi connectivity index (χ0n) is 12.1. The molecule has 3 aromatic rings. The minimum Gasteiger partial charge on any atom is -0.462 e. The van der Waals surface area contributed by atoms with E-state index in [1.807, 2.05) is 22.8 Å². The van der Waals surface area contributed by atoms with Gasteiger partial charge in [-0.1, -0.05) is 12.1 Å². The van der Waals surface area contributed by atoms with E-state index < -0.39 is 0 Å². The molecule has 2 aromatic heterocycles. The standard InChI is InChI=1S/C15H14IN5O2/c16-11-5-2-1-4-10(11)15(22)23-7-3-6-21-9-20-12-13(17)18-8-19-14(12)21/h1-2,4-5,8-9H,3,6-7H2,(H2,17,18,19). The lowest BCUT2D eigenvalue weighted by Gasteiger charge is -2.07. The maximum absolute atomic E-state index is 12.0. The molecule has 0 saturated carbocycles. The van der Waals surface area contributed by atoms with Gasteiger partial charge in [0.2, 0.25) is 0 Å². The first-order chi connectivity index (χ1) is 11.2. The summed E-state index contributed by atoms with van der Waals surface area (Å²) >= 11 is 2.12. The van der Waals surface area contributed by atoms with Crippen molar-refractivity contribution in [2.75, 3.05) is 12.3 Å². The lowest BCUT2D eigenvalue weighted by molar-refractivity contribution is 0.0495. The summed E-state index contributed by atoms with van der Waals surface area (Å²) in [7, 11) is 0. The molecule has 1 aromatic carbocycles. The van der Waals surface area contributed by atoms with Gasteiger partial charge in [-0.3, -0.25) is 0 Å². The Balaban J connectivity index is 1.56. The molecule has 0 fully saturated rings. The van der Waals surface area contributed by atoms with Gasteiger partial charge in [-0.25, -0.2) is 19.7 Å². The van der Waals surface area contributed by atoms with E-state index in [1.54, 1.807) is 12.4 Å². The number of imidazole rings is 1. The summed E-state index contributed by atoms with van der Waals surface area (Å²) in [5.41, 5.74) is 7.60. The molecule has 0 spiro atoms. The molecule has 0 bridgehead atoms. The van der Waals surface area contributed by atoms with Gasteiger partial charge in [-0.2, -0.15) is 0 Å². The first kappa shape index (κ1) is 15.7. The van der Waals surface area contributed by atoms with E-state index in [-0.39, 0.29) is 5.97 Å². The van der Waals surface area contributed by atoms with E-state index in [1.165, 1.54) is 6.33 Å². The molecule has 0 radical (unpaired) electrons. The fourth-order valence-corrected chi connectivity index (χ4v) is 2.77. The monoisotopic (exact) mass is 423 g/mol. The zero-order chi connectivity index (χ0) is 16.2. The number of halogens is 1. The van der Waals surface area contributed by atoms with Crippen molar-refractivity contribution in [1.82, 2.24) is 19.5 Å². The van der Waals surface area contributed by atoms with Crippen molar-refractivity contribution in [2.45, 2.75) is 13.0 Å². The van der Waals surface area contributed by atoms with Crippen molar-refractivity contribution in [3.63, 3.8) is 0 Å². The molecule has 0 aliphatic carbocycles. The predicted molar refractivity (Wildman–Crippen MR) is 93.8 cm³/mol. The van der Waals surface area contributed by atoms with Crippen molar-refractivity contribution in [3.8, 4) is 0 Å². The SMILES string of the molecule is Nc1ncnc2c1ncn2CCCOC(=O)c1ccccc1I. The fraction of sp³-hybridized carbons (Fsp3) is 0.200. The van der Waals surface area contributed by atoms with Crippen molar-refractivity contribution in [3.05, 3.63) is 46.1 Å². The number of aryl methyl sites for hydroxylation is 1. The number of carbonyl (C=O) groups is 1. The number of anilines is 1. The van der Waals surface area contributed by atoms with Crippen LogP contribution in [0.25, 0.3) is 11.2 Å². The molecule has 7 nitrogen and oxygen atoms in total. The van der Waals surface area contributed by atoms with Gasteiger partial charge in [0, 0.05) is 10.1 Å². The second kappa shape index (κ2) is 6.90. The van der Waals surface area contributed by atoms with Crippen LogP contribution in [0.5, 0.6) is 0 Å². The summed E-state index contributed by atoms with van der Waals surface area (Å²) in [5, 5.41) is 0. The molecule has 0 unspecified atom stereocenters. The number of fused-ring (bicyclic) bond motifs is 1. The summed E-state index contributed by atoms with van der Waals surface area (Å²) in [6.07, 6.45) is 3.73. The Morgan fingerprint density at radius 2 is 2.09 bits per heavy atom. The van der Waals surface area contributed by atoms with E-state index in [0.717, 1.165) is 3.57 Å². The van der Waals surface area contributed by atoms with E-state index in [0.29, 0.717) is 42.1 Å². The molecule has 2 N–H and O–H groups in total. The number of aromatic nitrogens is 4. The highest BCUT2D eigenvalue weighted by Gasteiger charge is 2.11. The van der Waals surface area contributed by atoms with Crippen LogP contribution in [-0.2, 0) is 11.3 Å². The Hall–Kier alpha value is -2.23. The van der Waals surface area contributed by atoms with Crippen LogP contribution in [0.1, 0.15) is 16.8 Å². The summed E-state index contributed by atoms with van der Waals surface area (Å²) < 4.78 is 8.05. The summed E-state index contributed by atoms with van der Waals surface area (Å²) in [6.45, 7) is 0.955. The highest BCUT2D eigenvalue weighted by Crippen LogP contribution is 2.15. The Kier molecular flexibility index (Phi) is 4.70. The number of hydrogen-bond donors (Lipinski definition) is 1. The number of nitrogens with two attached hydrogens (primary N) is 1. The Morgan fingerprint density at radius 3 is 2.91 bits per heavy atom. The van der Waals surface area contributed by atoms with Crippen molar-refractivity contribution < 1.29 is 9.53 Å². The molecule has 23 heavy (non-hydrogen) atoms. The topological polar surface area (TPSA) is 95.9 Å². The number of hydrogen-bond acceptors (Lipinski definition) is 6. The number of ether oxygens (including phenoxy) is 1. The average molecular weight is 423 g/mol. The van der Waals surface area contributed by atoms with Crippen molar-refractivity contribution >= 4 is 45.5 Å². The third-order valence-electron chi connectivity index (χ3n) is 3.30. The maximum Gasteiger partial charge on any atom is 0.339 e. The molecule has 3 rings (SSSR count). The van der Waals surface area contributed by atoms with Crippen LogP contribution < -0.4 is 5.73 Å². The highest BCUT2D eigenvalue weighted by molar-refractivity contribution is 14.1. The van der Waals surface area contributed by atoms with Gasteiger partial charge in [0.1, 0.15) is 11.8 Å². The normalized spacial score (nSPS) is 10.8. The number of carbonyl (C=O) groups excluding carboxylic acids is 1. The average Bonchev–Trinajstić information content (AvgIpc) is 2.96. The molecular weight excluding hydrogens is 409 g/mol. The van der Waals surface area contributed by atoms with Crippen LogP contribution in [0, 0.1) is 3.57 Å². The largest absolute Gasteiger partial charge is 0.462 e. The van der Waals surface area contributed by atoms with E-state index in [9.17, 15) is 4.79 Å². The second-order valence-corrected chi connectivity index (χ2v) is 6.00. The maximum atomic E-state index is 12.0. The van der Waals surface area contributed by atoms with Crippen molar-refractivity contribution in [1.29, 1.82) is 0 Å². The summed E-state index contributed by atoms with van der Waals surface area (Å²) in [4.78, 5) is 24.3. The minimum atomic E-state index is -0.308. The van der Waals surface area contributed by atoms with Crippen LogP contribution in [-0.4, -0.2) is 32.1 Å². The first-order valence-corrected chi connectivity index (χ1v) is 8.07. The Labute approximate surface area is 146 Å². The van der Waals surface area contributed by atoms with Crippen LogP contribution in [0.3, 0.4) is 0 Å². The third kappa shape index (κ3) is 3.41. The molecule has 0 amide bonds. The van der Waals surface area contributed by atoms with Gasteiger partial charge in [-0.05, 0) is 41.1 Å². The van der Waals surface area contributed by atoms with Crippen LogP contribution in [0.15, 0.2) is 36.9 Å². The van der Waals surface area contributed by atoms with Gasteiger partial charge >= 0.3 is 5.97 Å². The van der Waals surface area contributed by atoms with Gasteiger partial charge < -0.3 is 15.0 Å². The second-order valence-electron chi connectivity index (χ2n) is 4.84. The van der Waals surface area contributed by atoms with Crippen LogP contribution in [0.4, 0.5) is 5.82 Å². The van der Waals surface area contributed by atoms with Gasteiger partial charge in [0.05, 0.1) is 18.5 Å². The lowest BCUT2D eigenvalue weighted by atomic mass is 10.2. The van der Waals surface area contributed by atoms with E-state index in [4.69, 9.17) is 10.5 Å². The Morgan fingerprint density at radius 1 is 1.26 bits per heavy atom.